The highest BCUT2D eigenvalue weighted by atomic mass is 35.5. The van der Waals surface area contributed by atoms with Crippen molar-refractivity contribution in [2.45, 2.75) is 26.8 Å². The predicted molar refractivity (Wildman–Crippen MR) is 126 cm³/mol. The van der Waals surface area contributed by atoms with Gasteiger partial charge < -0.3 is 10.4 Å². The highest BCUT2D eigenvalue weighted by molar-refractivity contribution is 6.29. The number of aromatic nitrogens is 5. The van der Waals surface area contributed by atoms with E-state index >= 15 is 0 Å². The Labute approximate surface area is 194 Å². The normalized spacial score (nSPS) is 12.0. The molecule has 0 spiro atoms. The van der Waals surface area contributed by atoms with Gasteiger partial charge in [-0.25, -0.2) is 24.7 Å². The van der Waals surface area contributed by atoms with Gasteiger partial charge in [0.05, 0.1) is 22.6 Å². The summed E-state index contributed by atoms with van der Waals surface area (Å²) in [5.74, 6) is -0.527. The van der Waals surface area contributed by atoms with E-state index in [1.54, 1.807) is 31.6 Å². The second kappa shape index (κ2) is 8.59. The molecule has 0 aliphatic rings. The number of nitrogens with one attached hydrogen (secondary N) is 1. The van der Waals surface area contributed by atoms with Crippen LogP contribution in [0.4, 0.5) is 5.69 Å². The molecule has 2 N–H and O–H groups in total. The number of hydrogen-bond donors (Lipinski definition) is 2. The molecule has 3 heterocycles. The zero-order chi connectivity index (χ0) is 23.9. The molecule has 0 saturated heterocycles. The fourth-order valence-corrected chi connectivity index (χ4v) is 3.76. The van der Waals surface area contributed by atoms with Gasteiger partial charge in [0.1, 0.15) is 5.15 Å². The topological polar surface area (TPSA) is 123 Å². The number of nitrogens with zero attached hydrogens (tertiary/aromatic N) is 5. The maximum atomic E-state index is 13.2. The summed E-state index contributed by atoms with van der Waals surface area (Å²) in [7, 11) is 1.63. The Morgan fingerprint density at radius 3 is 2.48 bits per heavy atom. The summed E-state index contributed by atoms with van der Waals surface area (Å²) in [6.07, 6.45) is 3.33. The van der Waals surface area contributed by atoms with Gasteiger partial charge in [-0.05, 0) is 50.1 Å². The minimum absolute atomic E-state index is 0.0829. The van der Waals surface area contributed by atoms with Crippen molar-refractivity contribution in [3.8, 4) is 11.6 Å². The summed E-state index contributed by atoms with van der Waals surface area (Å²) < 4.78 is 1.43. The highest BCUT2D eigenvalue weighted by Gasteiger charge is 2.20. The van der Waals surface area contributed by atoms with Crippen molar-refractivity contribution in [3.05, 3.63) is 74.6 Å². The Kier molecular flexibility index (Phi) is 5.82. The molecule has 10 heteroatoms. The van der Waals surface area contributed by atoms with E-state index in [-0.39, 0.29) is 16.4 Å². The van der Waals surface area contributed by atoms with Gasteiger partial charge >= 0.3 is 5.97 Å². The molecule has 4 rings (SSSR count). The van der Waals surface area contributed by atoms with Crippen LogP contribution in [0.3, 0.4) is 0 Å². The lowest BCUT2D eigenvalue weighted by Crippen LogP contribution is -2.22. The van der Waals surface area contributed by atoms with Crippen LogP contribution in [-0.4, -0.2) is 35.6 Å². The number of aryl methyl sites for hydroxylation is 2. The van der Waals surface area contributed by atoms with Crippen molar-refractivity contribution >= 4 is 34.2 Å². The number of fused-ring (bicyclic) bond motifs is 1. The number of pyridine rings is 1. The zero-order valence-corrected chi connectivity index (χ0v) is 19.2. The van der Waals surface area contributed by atoms with Crippen molar-refractivity contribution < 1.29 is 9.90 Å². The van der Waals surface area contributed by atoms with E-state index in [9.17, 15) is 14.7 Å². The van der Waals surface area contributed by atoms with E-state index in [0.717, 1.165) is 16.7 Å². The van der Waals surface area contributed by atoms with Crippen LogP contribution < -0.4 is 10.9 Å². The Morgan fingerprint density at radius 2 is 1.82 bits per heavy atom. The summed E-state index contributed by atoms with van der Waals surface area (Å²) in [5.41, 5.74) is 2.87. The van der Waals surface area contributed by atoms with E-state index in [0.29, 0.717) is 28.2 Å². The van der Waals surface area contributed by atoms with Crippen LogP contribution in [0.25, 0.3) is 22.6 Å². The Balaban J connectivity index is 1.88. The van der Waals surface area contributed by atoms with Crippen LogP contribution in [0.2, 0.25) is 5.15 Å². The molecule has 3 aromatic heterocycles. The molecule has 0 aliphatic heterocycles. The molecule has 0 unspecified atom stereocenters. The maximum Gasteiger partial charge on any atom is 0.356 e. The number of halogens is 1. The first-order valence-electron chi connectivity index (χ1n) is 10.1. The number of carboxylic acids is 1. The molecule has 1 aromatic carbocycles. The van der Waals surface area contributed by atoms with Crippen LogP contribution in [0, 0.1) is 13.8 Å². The molecular weight excluding hydrogens is 444 g/mol. The molecule has 0 fully saturated rings. The fourth-order valence-electron chi connectivity index (χ4n) is 3.62. The molecule has 168 valence electrons. The lowest BCUT2D eigenvalue weighted by Gasteiger charge is -2.20. The summed E-state index contributed by atoms with van der Waals surface area (Å²) in [5, 5.41) is 13.2. The van der Waals surface area contributed by atoms with Crippen molar-refractivity contribution in [2.24, 2.45) is 7.05 Å². The largest absolute Gasteiger partial charge is 0.476 e. The van der Waals surface area contributed by atoms with Gasteiger partial charge in [0.25, 0.3) is 5.56 Å². The van der Waals surface area contributed by atoms with Gasteiger partial charge in [-0.15, -0.1) is 0 Å². The van der Waals surface area contributed by atoms with Gasteiger partial charge in [-0.3, -0.25) is 9.36 Å². The standard InChI is InChI=1S/C23H21ClN6O3/c1-11-7-14(13(3)27-16-5-6-17(24)28-19(16)23(32)33)18-15(8-11)22(31)30(4)21(29-18)20-25-9-12(2)10-26-20/h5-10,13,27H,1-4H3,(H,32,33)/t13-/m1/s1. The van der Waals surface area contributed by atoms with E-state index in [2.05, 4.69) is 20.3 Å². The second-order valence-corrected chi connectivity index (χ2v) is 8.22. The molecule has 1 atom stereocenters. The smallest absolute Gasteiger partial charge is 0.356 e. The minimum atomic E-state index is -1.20. The molecular formula is C23H21ClN6O3. The van der Waals surface area contributed by atoms with E-state index < -0.39 is 12.0 Å². The Hall–Kier alpha value is -3.85. The first-order chi connectivity index (χ1) is 15.7. The number of hydrogen-bond acceptors (Lipinski definition) is 7. The Bertz CT molecular complexity index is 1450. The SMILES string of the molecule is Cc1cnc(-c2nc3c([C@@H](C)Nc4ccc(Cl)nc4C(=O)O)cc(C)cc3c(=O)n2C)nc1. The van der Waals surface area contributed by atoms with Crippen LogP contribution in [0.5, 0.6) is 0 Å². The second-order valence-electron chi connectivity index (χ2n) is 7.84. The van der Waals surface area contributed by atoms with E-state index in [1.165, 1.54) is 10.6 Å². The van der Waals surface area contributed by atoms with Crippen molar-refractivity contribution in [3.63, 3.8) is 0 Å². The predicted octanol–water partition coefficient (Wildman–Crippen LogP) is 3.93. The third-order valence-electron chi connectivity index (χ3n) is 5.24. The number of carbonyl (C=O) groups is 1. The molecule has 9 nitrogen and oxygen atoms in total. The van der Waals surface area contributed by atoms with Crippen molar-refractivity contribution in [2.75, 3.05) is 5.32 Å². The first kappa shape index (κ1) is 22.3. The van der Waals surface area contributed by atoms with Gasteiger partial charge in [-0.1, -0.05) is 17.7 Å². The number of carboxylic acid groups (broad SMARTS) is 1. The van der Waals surface area contributed by atoms with E-state index in [1.807, 2.05) is 26.8 Å². The van der Waals surface area contributed by atoms with E-state index in [4.69, 9.17) is 16.6 Å². The first-order valence-corrected chi connectivity index (χ1v) is 10.5. The number of aromatic carboxylic acids is 1. The molecule has 0 radical (unpaired) electrons. The molecule has 33 heavy (non-hydrogen) atoms. The summed E-state index contributed by atoms with van der Waals surface area (Å²) in [6, 6.07) is 6.37. The zero-order valence-electron chi connectivity index (χ0n) is 18.4. The van der Waals surface area contributed by atoms with Crippen LogP contribution in [-0.2, 0) is 7.05 Å². The van der Waals surface area contributed by atoms with Crippen molar-refractivity contribution in [1.82, 2.24) is 24.5 Å². The molecule has 0 amide bonds. The average Bonchev–Trinajstić information content (AvgIpc) is 2.77. The maximum absolute atomic E-state index is 13.2. The number of anilines is 1. The highest BCUT2D eigenvalue weighted by Crippen LogP contribution is 2.29. The molecule has 0 aliphatic carbocycles. The lowest BCUT2D eigenvalue weighted by atomic mass is 10.0. The summed E-state index contributed by atoms with van der Waals surface area (Å²) in [4.78, 5) is 42.1. The van der Waals surface area contributed by atoms with Crippen LogP contribution >= 0.6 is 11.6 Å². The van der Waals surface area contributed by atoms with Gasteiger partial charge in [0, 0.05) is 25.0 Å². The van der Waals surface area contributed by atoms with Crippen LogP contribution in [0.15, 0.2) is 41.5 Å². The van der Waals surface area contributed by atoms with Gasteiger partial charge in [0.15, 0.2) is 17.3 Å². The average molecular weight is 465 g/mol. The molecule has 0 bridgehead atoms. The Morgan fingerprint density at radius 1 is 1.12 bits per heavy atom. The summed E-state index contributed by atoms with van der Waals surface area (Å²) >= 11 is 5.87. The fraction of sp³-hybridized carbons (Fsp3) is 0.217. The third kappa shape index (κ3) is 4.27. The third-order valence-corrected chi connectivity index (χ3v) is 5.45. The molecule has 0 saturated carbocycles. The van der Waals surface area contributed by atoms with Gasteiger partial charge in [0.2, 0.25) is 0 Å². The van der Waals surface area contributed by atoms with Crippen LogP contribution in [0.1, 0.15) is 40.1 Å². The molecule has 4 aromatic rings. The van der Waals surface area contributed by atoms with Crippen molar-refractivity contribution in [1.29, 1.82) is 0 Å². The quantitative estimate of drug-likeness (QED) is 0.426. The summed E-state index contributed by atoms with van der Waals surface area (Å²) in [6.45, 7) is 5.62. The lowest BCUT2D eigenvalue weighted by molar-refractivity contribution is 0.0691. The minimum Gasteiger partial charge on any atom is -0.476 e. The van der Waals surface area contributed by atoms with Gasteiger partial charge in [-0.2, -0.15) is 0 Å². The monoisotopic (exact) mass is 464 g/mol. The number of benzene rings is 1. The number of rotatable bonds is 5.